The van der Waals surface area contributed by atoms with Crippen molar-refractivity contribution in [3.05, 3.63) is 11.9 Å². The van der Waals surface area contributed by atoms with E-state index >= 15 is 0 Å². The number of hydrazine groups is 1. The summed E-state index contributed by atoms with van der Waals surface area (Å²) < 4.78 is 4.87. The number of nitrogens with one attached hydrogen (secondary N) is 3. The van der Waals surface area contributed by atoms with E-state index in [0.717, 1.165) is 5.56 Å². The highest BCUT2D eigenvalue weighted by atomic mass is 16.5. The maximum atomic E-state index is 11.6. The van der Waals surface area contributed by atoms with Gasteiger partial charge in [0, 0.05) is 32.2 Å². The standard InChI is InChI=1S/C13H24N6O2/c1-9(2)11-12(17-8-18-13(11)19-14)16-5-4-10(20)15-6-7-21-3/h8-9H,4-7,14H2,1-3H3,(H,15,20)(H2,16,17,18,19). The quantitative estimate of drug-likeness (QED) is 0.297. The first kappa shape index (κ1) is 17.1. The average Bonchev–Trinajstić information content (AvgIpc) is 2.47. The van der Waals surface area contributed by atoms with Gasteiger partial charge in [-0.3, -0.25) is 4.79 Å². The van der Waals surface area contributed by atoms with Gasteiger partial charge in [-0.2, -0.15) is 0 Å². The lowest BCUT2D eigenvalue weighted by molar-refractivity contribution is -0.121. The van der Waals surface area contributed by atoms with Crippen LogP contribution < -0.4 is 21.9 Å². The van der Waals surface area contributed by atoms with Crippen LogP contribution in [0.5, 0.6) is 0 Å². The number of carbonyl (C=O) groups is 1. The van der Waals surface area contributed by atoms with Crippen LogP contribution in [0.4, 0.5) is 11.6 Å². The number of nitrogens with two attached hydrogens (primary N) is 1. The number of rotatable bonds is 9. The van der Waals surface area contributed by atoms with Crippen LogP contribution in [0.3, 0.4) is 0 Å². The molecule has 1 aromatic rings. The second kappa shape index (κ2) is 9.09. The van der Waals surface area contributed by atoms with Crippen molar-refractivity contribution >= 4 is 17.5 Å². The predicted molar refractivity (Wildman–Crippen MR) is 81.9 cm³/mol. The number of methoxy groups -OCH3 is 1. The van der Waals surface area contributed by atoms with Crippen molar-refractivity contribution in [1.29, 1.82) is 0 Å². The number of anilines is 2. The SMILES string of the molecule is COCCNC(=O)CCNc1ncnc(NN)c1C(C)C. The van der Waals surface area contributed by atoms with Crippen molar-refractivity contribution in [2.75, 3.05) is 37.5 Å². The number of amides is 1. The maximum absolute atomic E-state index is 11.6. The zero-order chi connectivity index (χ0) is 15.7. The molecule has 8 nitrogen and oxygen atoms in total. The molecule has 0 saturated heterocycles. The Kier molecular flexibility index (Phi) is 7.41. The summed E-state index contributed by atoms with van der Waals surface area (Å²) in [5, 5.41) is 5.91. The first-order chi connectivity index (χ1) is 10.1. The zero-order valence-electron chi connectivity index (χ0n) is 12.8. The van der Waals surface area contributed by atoms with Crippen molar-refractivity contribution in [2.45, 2.75) is 26.2 Å². The Balaban J connectivity index is 2.54. The fourth-order valence-electron chi connectivity index (χ4n) is 1.87. The molecule has 0 spiro atoms. The molecule has 0 atom stereocenters. The number of carbonyl (C=O) groups excluding carboxylic acids is 1. The van der Waals surface area contributed by atoms with Crippen molar-refractivity contribution in [3.8, 4) is 0 Å². The van der Waals surface area contributed by atoms with E-state index in [1.165, 1.54) is 6.33 Å². The molecular formula is C13H24N6O2. The Hall–Kier alpha value is -1.93. The molecule has 0 aliphatic rings. The van der Waals surface area contributed by atoms with Crippen molar-refractivity contribution in [2.24, 2.45) is 5.84 Å². The highest BCUT2D eigenvalue weighted by molar-refractivity contribution is 5.76. The van der Waals surface area contributed by atoms with Crippen LogP contribution in [0.15, 0.2) is 6.33 Å². The van der Waals surface area contributed by atoms with E-state index in [9.17, 15) is 4.79 Å². The highest BCUT2D eigenvalue weighted by Gasteiger charge is 2.14. The summed E-state index contributed by atoms with van der Waals surface area (Å²) in [6, 6.07) is 0. The molecule has 8 heteroatoms. The number of nitrogen functional groups attached to an aromatic ring is 1. The van der Waals surface area contributed by atoms with Gasteiger partial charge in [0.1, 0.15) is 18.0 Å². The molecule has 1 amide bonds. The minimum Gasteiger partial charge on any atom is -0.383 e. The minimum absolute atomic E-state index is 0.0307. The molecule has 1 heterocycles. The summed E-state index contributed by atoms with van der Waals surface area (Å²) in [5.41, 5.74) is 3.47. The first-order valence-corrected chi connectivity index (χ1v) is 6.91. The van der Waals surface area contributed by atoms with Gasteiger partial charge in [-0.15, -0.1) is 0 Å². The van der Waals surface area contributed by atoms with Gasteiger partial charge in [0.15, 0.2) is 0 Å². The van der Waals surface area contributed by atoms with Crippen LogP contribution in [0.2, 0.25) is 0 Å². The Bertz CT molecular complexity index is 452. The van der Waals surface area contributed by atoms with Gasteiger partial charge in [0.2, 0.25) is 5.91 Å². The van der Waals surface area contributed by atoms with E-state index in [2.05, 4.69) is 26.0 Å². The van der Waals surface area contributed by atoms with Crippen molar-refractivity contribution in [1.82, 2.24) is 15.3 Å². The molecule has 0 fully saturated rings. The molecule has 21 heavy (non-hydrogen) atoms. The predicted octanol–water partition coefficient (Wildman–Crippen LogP) is 0.450. The summed E-state index contributed by atoms with van der Waals surface area (Å²) in [4.78, 5) is 19.9. The number of hydrogen-bond acceptors (Lipinski definition) is 7. The van der Waals surface area contributed by atoms with E-state index in [4.69, 9.17) is 10.6 Å². The molecule has 0 aliphatic carbocycles. The number of hydrogen-bond donors (Lipinski definition) is 4. The molecule has 0 aliphatic heterocycles. The molecular weight excluding hydrogens is 272 g/mol. The van der Waals surface area contributed by atoms with Gasteiger partial charge >= 0.3 is 0 Å². The normalized spacial score (nSPS) is 10.5. The van der Waals surface area contributed by atoms with Crippen LogP contribution in [0.25, 0.3) is 0 Å². The highest BCUT2D eigenvalue weighted by Crippen LogP contribution is 2.27. The van der Waals surface area contributed by atoms with Gasteiger partial charge in [-0.05, 0) is 5.92 Å². The minimum atomic E-state index is -0.0307. The van der Waals surface area contributed by atoms with E-state index < -0.39 is 0 Å². The first-order valence-electron chi connectivity index (χ1n) is 6.91. The van der Waals surface area contributed by atoms with Crippen LogP contribution in [0, 0.1) is 0 Å². The largest absolute Gasteiger partial charge is 0.383 e. The lowest BCUT2D eigenvalue weighted by Crippen LogP contribution is -2.28. The third-order valence-corrected chi connectivity index (χ3v) is 2.87. The lowest BCUT2D eigenvalue weighted by atomic mass is 10.0. The monoisotopic (exact) mass is 296 g/mol. The molecule has 0 unspecified atom stereocenters. The number of nitrogens with zero attached hydrogens (tertiary/aromatic N) is 2. The second-order valence-corrected chi connectivity index (χ2v) is 4.80. The van der Waals surface area contributed by atoms with Crippen LogP contribution >= 0.6 is 0 Å². The molecule has 118 valence electrons. The van der Waals surface area contributed by atoms with E-state index in [1.54, 1.807) is 7.11 Å². The van der Waals surface area contributed by atoms with E-state index in [1.807, 2.05) is 13.8 Å². The van der Waals surface area contributed by atoms with Crippen LogP contribution in [-0.2, 0) is 9.53 Å². The number of aromatic nitrogens is 2. The summed E-state index contributed by atoms with van der Waals surface area (Å²) in [7, 11) is 1.60. The third kappa shape index (κ3) is 5.52. The van der Waals surface area contributed by atoms with E-state index in [-0.39, 0.29) is 11.8 Å². The lowest BCUT2D eigenvalue weighted by Gasteiger charge is -2.16. The molecule has 0 bridgehead atoms. The summed E-state index contributed by atoms with van der Waals surface area (Å²) in [6.45, 7) is 5.57. The maximum Gasteiger partial charge on any atom is 0.221 e. The van der Waals surface area contributed by atoms with Gasteiger partial charge in [-0.1, -0.05) is 13.8 Å². The molecule has 0 radical (unpaired) electrons. The smallest absolute Gasteiger partial charge is 0.221 e. The summed E-state index contributed by atoms with van der Waals surface area (Å²) >= 11 is 0. The average molecular weight is 296 g/mol. The Morgan fingerprint density at radius 3 is 2.67 bits per heavy atom. The Morgan fingerprint density at radius 2 is 2.05 bits per heavy atom. The zero-order valence-corrected chi connectivity index (χ0v) is 12.8. The number of ether oxygens (including phenoxy) is 1. The van der Waals surface area contributed by atoms with Gasteiger partial charge < -0.3 is 20.8 Å². The topological polar surface area (TPSA) is 114 Å². The molecule has 0 aromatic carbocycles. The van der Waals surface area contributed by atoms with Crippen molar-refractivity contribution in [3.63, 3.8) is 0 Å². The molecule has 0 saturated carbocycles. The Morgan fingerprint density at radius 1 is 1.33 bits per heavy atom. The van der Waals surface area contributed by atoms with Gasteiger partial charge in [0.05, 0.1) is 6.61 Å². The van der Waals surface area contributed by atoms with E-state index in [0.29, 0.717) is 37.8 Å². The van der Waals surface area contributed by atoms with Crippen LogP contribution in [0.1, 0.15) is 31.7 Å². The summed E-state index contributed by atoms with van der Waals surface area (Å²) in [6.07, 6.45) is 1.79. The van der Waals surface area contributed by atoms with Crippen LogP contribution in [-0.4, -0.2) is 42.7 Å². The Labute approximate surface area is 124 Å². The van der Waals surface area contributed by atoms with Gasteiger partial charge in [-0.25, -0.2) is 15.8 Å². The fourth-order valence-corrected chi connectivity index (χ4v) is 1.87. The summed E-state index contributed by atoms with van der Waals surface area (Å²) in [5.74, 6) is 6.91. The fraction of sp³-hybridized carbons (Fsp3) is 0.615. The molecule has 5 N–H and O–H groups in total. The van der Waals surface area contributed by atoms with Crippen molar-refractivity contribution < 1.29 is 9.53 Å². The third-order valence-electron chi connectivity index (χ3n) is 2.87. The second-order valence-electron chi connectivity index (χ2n) is 4.80. The van der Waals surface area contributed by atoms with Gasteiger partial charge in [0.25, 0.3) is 0 Å². The molecule has 1 aromatic heterocycles. The molecule has 1 rings (SSSR count).